The van der Waals surface area contributed by atoms with Crippen molar-refractivity contribution in [3.8, 4) is 0 Å². The summed E-state index contributed by atoms with van der Waals surface area (Å²) in [5.74, 6) is -8.01. The standard InChI is InChI=1S/C6H6F8O4S/c7-1-2(5(9,10)11)3(6(12,13)14)4(8)18-19(15,16)17/h2-4H,1H2,(H,15,16,17). The minimum atomic E-state index is -5.95. The van der Waals surface area contributed by atoms with Gasteiger partial charge in [0.25, 0.3) is 0 Å². The van der Waals surface area contributed by atoms with Crippen molar-refractivity contribution in [3.05, 3.63) is 0 Å². The summed E-state index contributed by atoms with van der Waals surface area (Å²) >= 11 is 0. The predicted molar refractivity (Wildman–Crippen MR) is 42.6 cm³/mol. The summed E-state index contributed by atoms with van der Waals surface area (Å²) in [4.78, 5) is 0. The van der Waals surface area contributed by atoms with Crippen LogP contribution in [0.25, 0.3) is 0 Å². The van der Waals surface area contributed by atoms with Crippen molar-refractivity contribution in [2.45, 2.75) is 18.7 Å². The fraction of sp³-hybridized carbons (Fsp3) is 1.00. The van der Waals surface area contributed by atoms with Crippen LogP contribution in [0.4, 0.5) is 35.1 Å². The normalized spacial score (nSPS) is 19.0. The molecule has 0 aliphatic heterocycles. The average molecular weight is 326 g/mol. The van der Waals surface area contributed by atoms with Crippen LogP contribution in [0, 0.1) is 11.8 Å². The molecule has 116 valence electrons. The van der Waals surface area contributed by atoms with Gasteiger partial charge < -0.3 is 0 Å². The van der Waals surface area contributed by atoms with Crippen LogP contribution in [0.15, 0.2) is 0 Å². The van der Waals surface area contributed by atoms with Crippen LogP contribution in [0.1, 0.15) is 0 Å². The van der Waals surface area contributed by atoms with Gasteiger partial charge in [-0.3, -0.25) is 8.94 Å². The Bertz CT molecular complexity index is 387. The molecule has 19 heavy (non-hydrogen) atoms. The van der Waals surface area contributed by atoms with Crippen LogP contribution in [0.2, 0.25) is 0 Å². The smallest absolute Gasteiger partial charge is 0.263 e. The van der Waals surface area contributed by atoms with E-state index in [0.717, 1.165) is 0 Å². The second-order valence-corrected chi connectivity index (χ2v) is 4.29. The van der Waals surface area contributed by atoms with Gasteiger partial charge in [0.1, 0.15) is 12.6 Å². The lowest BCUT2D eigenvalue weighted by Gasteiger charge is -2.29. The van der Waals surface area contributed by atoms with Gasteiger partial charge in [0.2, 0.25) is 6.36 Å². The lowest BCUT2D eigenvalue weighted by atomic mass is 9.92. The van der Waals surface area contributed by atoms with Crippen LogP contribution in [0.3, 0.4) is 0 Å². The Morgan fingerprint density at radius 1 is 1.05 bits per heavy atom. The molecule has 0 bridgehead atoms. The molecule has 4 nitrogen and oxygen atoms in total. The molecule has 1 N–H and O–H groups in total. The number of halogens is 8. The van der Waals surface area contributed by atoms with Gasteiger partial charge in [0.15, 0.2) is 0 Å². The number of rotatable bonds is 5. The monoisotopic (exact) mass is 326 g/mol. The van der Waals surface area contributed by atoms with Crippen LogP contribution in [-0.4, -0.2) is 38.4 Å². The topological polar surface area (TPSA) is 63.6 Å². The molecular formula is C6H6F8O4S. The maximum atomic E-state index is 12.9. The molecule has 0 aromatic heterocycles. The summed E-state index contributed by atoms with van der Waals surface area (Å²) in [6.07, 6.45) is -15.9. The Balaban J connectivity index is 5.45. The highest BCUT2D eigenvalue weighted by Gasteiger charge is 2.60. The summed E-state index contributed by atoms with van der Waals surface area (Å²) in [5, 5.41) is 0. The van der Waals surface area contributed by atoms with E-state index in [9.17, 15) is 43.5 Å². The molecule has 0 saturated heterocycles. The predicted octanol–water partition coefficient (Wildman–Crippen LogP) is 2.43. The Hall–Kier alpha value is -0.690. The second-order valence-electron chi connectivity index (χ2n) is 3.24. The summed E-state index contributed by atoms with van der Waals surface area (Å²) in [5.41, 5.74) is 0. The molecule has 0 aliphatic carbocycles. The summed E-state index contributed by atoms with van der Waals surface area (Å²) in [6, 6.07) is 0. The van der Waals surface area contributed by atoms with Crippen molar-refractivity contribution in [1.82, 2.24) is 0 Å². The van der Waals surface area contributed by atoms with Crippen molar-refractivity contribution < 1.29 is 52.3 Å². The Labute approximate surface area is 101 Å². The first-order valence-corrected chi connectivity index (χ1v) is 5.56. The molecule has 0 spiro atoms. The van der Waals surface area contributed by atoms with Crippen LogP contribution in [-0.2, 0) is 14.6 Å². The van der Waals surface area contributed by atoms with Gasteiger partial charge in [-0.05, 0) is 0 Å². The zero-order chi connectivity index (χ0) is 15.6. The van der Waals surface area contributed by atoms with E-state index in [0.29, 0.717) is 0 Å². The molecule has 0 aromatic carbocycles. The number of alkyl halides is 8. The Morgan fingerprint density at radius 3 is 1.68 bits per heavy atom. The molecule has 0 fully saturated rings. The van der Waals surface area contributed by atoms with Crippen molar-refractivity contribution in [2.75, 3.05) is 6.67 Å². The third-order valence-electron chi connectivity index (χ3n) is 1.89. The van der Waals surface area contributed by atoms with E-state index in [1.807, 2.05) is 0 Å². The maximum absolute atomic E-state index is 12.9. The molecule has 0 rings (SSSR count). The Morgan fingerprint density at radius 2 is 1.47 bits per heavy atom. The van der Waals surface area contributed by atoms with E-state index in [1.54, 1.807) is 0 Å². The molecule has 13 heteroatoms. The SMILES string of the molecule is O=S(=O)(O)OC(F)C(C(CF)C(F)(F)F)C(F)(F)F. The molecule has 3 atom stereocenters. The third-order valence-corrected chi connectivity index (χ3v) is 2.32. The maximum Gasteiger partial charge on any atom is 0.400 e. The lowest BCUT2D eigenvalue weighted by molar-refractivity contribution is -0.285. The van der Waals surface area contributed by atoms with Crippen LogP contribution < -0.4 is 0 Å². The fourth-order valence-electron chi connectivity index (χ4n) is 1.12. The molecule has 0 heterocycles. The van der Waals surface area contributed by atoms with Gasteiger partial charge in [-0.15, -0.1) is 0 Å². The zero-order valence-electron chi connectivity index (χ0n) is 8.54. The van der Waals surface area contributed by atoms with E-state index in [4.69, 9.17) is 4.55 Å². The van der Waals surface area contributed by atoms with Gasteiger partial charge in [-0.2, -0.15) is 34.8 Å². The molecular weight excluding hydrogens is 320 g/mol. The molecule has 0 radical (unpaired) electrons. The number of hydrogen-bond acceptors (Lipinski definition) is 3. The first-order chi connectivity index (χ1) is 8.20. The van der Waals surface area contributed by atoms with Crippen LogP contribution >= 0.6 is 0 Å². The molecule has 0 amide bonds. The van der Waals surface area contributed by atoms with Gasteiger partial charge in [0.05, 0.1) is 5.92 Å². The van der Waals surface area contributed by atoms with E-state index in [2.05, 4.69) is 4.18 Å². The van der Waals surface area contributed by atoms with E-state index in [-0.39, 0.29) is 0 Å². The van der Waals surface area contributed by atoms with E-state index < -0.39 is 47.6 Å². The third kappa shape index (κ3) is 5.86. The van der Waals surface area contributed by atoms with Gasteiger partial charge in [-0.1, -0.05) is 0 Å². The number of hydrogen-bond donors (Lipinski definition) is 1. The quantitative estimate of drug-likeness (QED) is 0.623. The fourth-order valence-corrected chi connectivity index (χ4v) is 1.47. The van der Waals surface area contributed by atoms with Gasteiger partial charge in [-0.25, -0.2) is 8.57 Å². The summed E-state index contributed by atoms with van der Waals surface area (Å²) in [7, 11) is -5.78. The van der Waals surface area contributed by atoms with E-state index in [1.165, 1.54) is 0 Å². The van der Waals surface area contributed by atoms with Gasteiger partial charge >= 0.3 is 22.8 Å². The first kappa shape index (κ1) is 18.3. The Kier molecular flexibility index (Phi) is 5.54. The summed E-state index contributed by atoms with van der Waals surface area (Å²) in [6.45, 7) is -2.65. The average Bonchev–Trinajstić information content (AvgIpc) is 2.05. The molecule has 3 unspecified atom stereocenters. The van der Waals surface area contributed by atoms with E-state index >= 15 is 0 Å². The minimum absolute atomic E-state index is 2.65. The molecule has 0 aromatic rings. The van der Waals surface area contributed by atoms with Crippen molar-refractivity contribution in [1.29, 1.82) is 0 Å². The van der Waals surface area contributed by atoms with Crippen LogP contribution in [0.5, 0.6) is 0 Å². The zero-order valence-corrected chi connectivity index (χ0v) is 9.36. The van der Waals surface area contributed by atoms with Crippen molar-refractivity contribution >= 4 is 10.4 Å². The molecule has 0 saturated carbocycles. The highest BCUT2D eigenvalue weighted by molar-refractivity contribution is 7.80. The first-order valence-electron chi connectivity index (χ1n) is 4.19. The molecule has 0 aliphatic rings. The highest BCUT2D eigenvalue weighted by Crippen LogP contribution is 2.44. The highest BCUT2D eigenvalue weighted by atomic mass is 32.3. The minimum Gasteiger partial charge on any atom is -0.263 e. The second kappa shape index (κ2) is 5.75. The summed E-state index contributed by atoms with van der Waals surface area (Å²) < 4.78 is 129. The van der Waals surface area contributed by atoms with Gasteiger partial charge in [0, 0.05) is 0 Å². The largest absolute Gasteiger partial charge is 0.400 e. The lowest BCUT2D eigenvalue weighted by Crippen LogP contribution is -2.46. The van der Waals surface area contributed by atoms with Crippen molar-refractivity contribution in [2.24, 2.45) is 11.8 Å². The van der Waals surface area contributed by atoms with Crippen molar-refractivity contribution in [3.63, 3.8) is 0 Å².